The molecule has 0 bridgehead atoms. The quantitative estimate of drug-likeness (QED) is 0.577. The fourth-order valence-electron chi connectivity index (χ4n) is 4.84. The van der Waals surface area contributed by atoms with Gasteiger partial charge in [0.1, 0.15) is 0 Å². The molecule has 0 radical (unpaired) electrons. The zero-order chi connectivity index (χ0) is 19.8. The number of amides is 1. The second-order valence-electron chi connectivity index (χ2n) is 8.08. The molecule has 0 spiro atoms. The van der Waals surface area contributed by atoms with Crippen molar-refractivity contribution < 1.29 is 4.79 Å². The van der Waals surface area contributed by atoms with Crippen LogP contribution in [-0.4, -0.2) is 29.9 Å². The number of hydrogen-bond donors (Lipinski definition) is 0. The minimum absolute atomic E-state index is 0.168. The minimum atomic E-state index is 0.168. The second kappa shape index (κ2) is 7.49. The number of para-hydroxylation sites is 1. The molecule has 1 fully saturated rings. The first kappa shape index (κ1) is 18.1. The highest BCUT2D eigenvalue weighted by atomic mass is 16.2. The van der Waals surface area contributed by atoms with Gasteiger partial charge in [0.25, 0.3) is 5.91 Å². The zero-order valence-electron chi connectivity index (χ0n) is 16.8. The van der Waals surface area contributed by atoms with Gasteiger partial charge in [-0.2, -0.15) is 0 Å². The van der Waals surface area contributed by atoms with Crippen molar-refractivity contribution in [3.05, 3.63) is 83.9 Å². The lowest BCUT2D eigenvalue weighted by atomic mass is 10.0. The van der Waals surface area contributed by atoms with Gasteiger partial charge in [-0.3, -0.25) is 9.69 Å². The number of fused-ring (bicyclic) bond motifs is 2. The first-order chi connectivity index (χ1) is 14.2. The van der Waals surface area contributed by atoms with E-state index in [-0.39, 0.29) is 11.9 Å². The number of carbonyl (C=O) groups excluding carboxylic acids is 1. The van der Waals surface area contributed by atoms with Gasteiger partial charge in [0.05, 0.1) is 5.69 Å². The van der Waals surface area contributed by atoms with E-state index in [4.69, 9.17) is 0 Å². The molecular formula is C26H26N2O. The molecule has 3 nitrogen and oxygen atoms in total. The Morgan fingerprint density at radius 1 is 0.931 bits per heavy atom. The van der Waals surface area contributed by atoms with Crippen molar-refractivity contribution in [3.8, 4) is 0 Å². The molecule has 146 valence electrons. The summed E-state index contributed by atoms with van der Waals surface area (Å²) < 4.78 is 0. The van der Waals surface area contributed by atoms with Gasteiger partial charge in [0.2, 0.25) is 0 Å². The van der Waals surface area contributed by atoms with Crippen molar-refractivity contribution in [2.24, 2.45) is 0 Å². The van der Waals surface area contributed by atoms with Crippen LogP contribution in [0.2, 0.25) is 0 Å². The fraction of sp³-hybridized carbons (Fsp3) is 0.269. The van der Waals surface area contributed by atoms with E-state index < -0.39 is 0 Å². The molecule has 0 unspecified atom stereocenters. The molecule has 0 aromatic heterocycles. The van der Waals surface area contributed by atoms with Crippen LogP contribution in [0.3, 0.4) is 0 Å². The summed E-state index contributed by atoms with van der Waals surface area (Å²) in [6, 6.07) is 23.8. The van der Waals surface area contributed by atoms with Crippen LogP contribution in [-0.2, 0) is 11.3 Å². The van der Waals surface area contributed by atoms with Crippen molar-refractivity contribution in [1.82, 2.24) is 4.90 Å². The maximum atomic E-state index is 13.0. The SMILES string of the molecule is CC=C1C(=O)N(C2CCN(Cc3ccc4ccccc4c3)CC2)c2ccccc21. The Kier molecular flexibility index (Phi) is 4.69. The number of allylic oxidation sites excluding steroid dienone is 1. The average molecular weight is 383 g/mol. The van der Waals surface area contributed by atoms with Crippen molar-refractivity contribution in [2.45, 2.75) is 32.4 Å². The van der Waals surface area contributed by atoms with E-state index in [0.29, 0.717) is 0 Å². The van der Waals surface area contributed by atoms with E-state index in [9.17, 15) is 4.79 Å². The molecule has 0 saturated carbocycles. The van der Waals surface area contributed by atoms with Crippen LogP contribution in [0.1, 0.15) is 30.9 Å². The van der Waals surface area contributed by atoms with E-state index in [1.54, 1.807) is 0 Å². The van der Waals surface area contributed by atoms with E-state index in [1.165, 1.54) is 16.3 Å². The zero-order valence-corrected chi connectivity index (χ0v) is 16.8. The maximum Gasteiger partial charge on any atom is 0.258 e. The number of hydrogen-bond acceptors (Lipinski definition) is 2. The largest absolute Gasteiger partial charge is 0.305 e. The van der Waals surface area contributed by atoms with Crippen LogP contribution in [0.4, 0.5) is 5.69 Å². The van der Waals surface area contributed by atoms with Crippen molar-refractivity contribution in [3.63, 3.8) is 0 Å². The summed E-state index contributed by atoms with van der Waals surface area (Å²) in [7, 11) is 0. The third-order valence-electron chi connectivity index (χ3n) is 6.33. The normalized spacial score (nSPS) is 19.3. The van der Waals surface area contributed by atoms with Crippen molar-refractivity contribution in [1.29, 1.82) is 0 Å². The molecule has 2 heterocycles. The Morgan fingerprint density at radius 2 is 1.66 bits per heavy atom. The third-order valence-corrected chi connectivity index (χ3v) is 6.33. The van der Waals surface area contributed by atoms with Crippen LogP contribution in [0.15, 0.2) is 72.8 Å². The van der Waals surface area contributed by atoms with Crippen LogP contribution in [0, 0.1) is 0 Å². The Balaban J connectivity index is 1.28. The van der Waals surface area contributed by atoms with Gasteiger partial charge in [-0.25, -0.2) is 0 Å². The predicted octanol–water partition coefficient (Wildman–Crippen LogP) is 5.25. The highest BCUT2D eigenvalue weighted by Gasteiger charge is 2.37. The smallest absolute Gasteiger partial charge is 0.258 e. The van der Waals surface area contributed by atoms with Gasteiger partial charge < -0.3 is 4.90 Å². The van der Waals surface area contributed by atoms with Gasteiger partial charge in [0, 0.05) is 36.8 Å². The molecule has 0 aliphatic carbocycles. The highest BCUT2D eigenvalue weighted by Crippen LogP contribution is 2.39. The molecule has 3 aromatic rings. The number of anilines is 1. The van der Waals surface area contributed by atoms with Gasteiger partial charge in [0.15, 0.2) is 0 Å². The minimum Gasteiger partial charge on any atom is -0.305 e. The van der Waals surface area contributed by atoms with E-state index in [0.717, 1.165) is 49.3 Å². The average Bonchev–Trinajstić information content (AvgIpc) is 3.05. The van der Waals surface area contributed by atoms with Crippen LogP contribution in [0.25, 0.3) is 16.3 Å². The monoisotopic (exact) mass is 382 g/mol. The molecule has 29 heavy (non-hydrogen) atoms. The standard InChI is InChI=1S/C26H26N2O/c1-2-23-24-9-5-6-10-25(24)28(26(23)29)22-13-15-27(16-14-22)18-19-11-12-20-7-3-4-8-21(20)17-19/h2-12,17,22H,13-16,18H2,1H3. The third kappa shape index (κ3) is 3.26. The molecular weight excluding hydrogens is 356 g/mol. The molecule has 1 amide bonds. The Morgan fingerprint density at radius 3 is 2.45 bits per heavy atom. The molecule has 3 heteroatoms. The highest BCUT2D eigenvalue weighted by molar-refractivity contribution is 6.32. The molecule has 1 saturated heterocycles. The van der Waals surface area contributed by atoms with E-state index in [1.807, 2.05) is 25.1 Å². The number of benzene rings is 3. The number of likely N-dealkylation sites (tertiary alicyclic amines) is 1. The Bertz CT molecular complexity index is 1090. The number of rotatable bonds is 3. The van der Waals surface area contributed by atoms with Crippen LogP contribution >= 0.6 is 0 Å². The molecule has 3 aromatic carbocycles. The topological polar surface area (TPSA) is 23.6 Å². The lowest BCUT2D eigenvalue weighted by Crippen LogP contribution is -2.46. The van der Waals surface area contributed by atoms with Crippen molar-refractivity contribution >= 4 is 27.9 Å². The molecule has 5 rings (SSSR count). The first-order valence-electron chi connectivity index (χ1n) is 10.5. The lowest BCUT2D eigenvalue weighted by molar-refractivity contribution is -0.113. The van der Waals surface area contributed by atoms with Gasteiger partial charge in [-0.05, 0) is 48.2 Å². The first-order valence-corrected chi connectivity index (χ1v) is 10.5. The molecule has 0 N–H and O–H groups in total. The summed E-state index contributed by atoms with van der Waals surface area (Å²) in [6.45, 7) is 4.98. The number of carbonyl (C=O) groups is 1. The van der Waals surface area contributed by atoms with Gasteiger partial charge >= 0.3 is 0 Å². The summed E-state index contributed by atoms with van der Waals surface area (Å²) in [5, 5.41) is 2.60. The van der Waals surface area contributed by atoms with Crippen molar-refractivity contribution in [2.75, 3.05) is 18.0 Å². The van der Waals surface area contributed by atoms with Crippen LogP contribution < -0.4 is 4.90 Å². The fourth-order valence-corrected chi connectivity index (χ4v) is 4.84. The summed E-state index contributed by atoms with van der Waals surface area (Å²) in [4.78, 5) is 17.6. The summed E-state index contributed by atoms with van der Waals surface area (Å²) in [6.07, 6.45) is 3.99. The van der Waals surface area contributed by atoms with Gasteiger partial charge in [-0.1, -0.05) is 60.7 Å². The lowest BCUT2D eigenvalue weighted by Gasteiger charge is -2.37. The predicted molar refractivity (Wildman–Crippen MR) is 120 cm³/mol. The van der Waals surface area contributed by atoms with E-state index >= 15 is 0 Å². The van der Waals surface area contributed by atoms with Gasteiger partial charge in [-0.15, -0.1) is 0 Å². The summed E-state index contributed by atoms with van der Waals surface area (Å²) in [5.41, 5.74) is 4.37. The summed E-state index contributed by atoms with van der Waals surface area (Å²) >= 11 is 0. The molecule has 2 aliphatic rings. The number of piperidine rings is 1. The van der Waals surface area contributed by atoms with E-state index in [2.05, 4.69) is 64.4 Å². The molecule has 2 aliphatic heterocycles. The summed E-state index contributed by atoms with van der Waals surface area (Å²) in [5.74, 6) is 0.168. The maximum absolute atomic E-state index is 13.0. The Labute approximate surface area is 172 Å². The van der Waals surface area contributed by atoms with Crippen LogP contribution in [0.5, 0.6) is 0 Å². The Hall–Kier alpha value is -2.91. The second-order valence-corrected chi connectivity index (χ2v) is 8.08. The number of nitrogens with zero attached hydrogens (tertiary/aromatic N) is 2. The molecule has 0 atom stereocenters.